The Hall–Kier alpha value is -7.87. The first-order chi connectivity index (χ1) is 33.0. The smallest absolute Gasteiger partial charge is 0.305 e. The van der Waals surface area contributed by atoms with Crippen LogP contribution in [0.15, 0.2) is 207 Å². The van der Waals surface area contributed by atoms with Gasteiger partial charge in [-0.2, -0.15) is 6.07 Å². The quantitative estimate of drug-likeness (QED) is 0.108. The van der Waals surface area contributed by atoms with Crippen molar-refractivity contribution in [2.75, 3.05) is 0 Å². The standard InChI is InChI=1S/C63H45N4.Ir/c1-44-18-35-62(67-43-44)53-33-34-58(59(41-53)50-29-27-49(28-30-50)48-12-4-3-5-13-48)57-15-7-6-14-56(57)55-39-46(20-19-45-21-24-51(25-22-45)60-16-8-10-36-65-60)38-47(40-55)23-26-52-31-32-54(42-63(52)64-2)61-17-9-11-37-66-61;/h3-18,21-22,24,27-31,34-43H,19-20,23,26H2,1H3;/q-3;+3. The van der Waals surface area contributed by atoms with E-state index in [0.29, 0.717) is 12.1 Å². The van der Waals surface area contributed by atoms with Gasteiger partial charge in [0.05, 0.1) is 6.57 Å². The molecule has 0 aliphatic heterocycles. The van der Waals surface area contributed by atoms with Crippen molar-refractivity contribution in [3.8, 4) is 78.3 Å². The van der Waals surface area contributed by atoms with E-state index in [0.717, 1.165) is 97.5 Å². The van der Waals surface area contributed by atoms with Crippen molar-refractivity contribution in [2.45, 2.75) is 32.6 Å². The Labute approximate surface area is 413 Å². The average molecular weight is 1050 g/mol. The molecule has 0 radical (unpaired) electrons. The van der Waals surface area contributed by atoms with Gasteiger partial charge >= 0.3 is 20.1 Å². The summed E-state index contributed by atoms with van der Waals surface area (Å²) in [7, 11) is 0. The van der Waals surface area contributed by atoms with Gasteiger partial charge in [-0.1, -0.05) is 163 Å². The minimum atomic E-state index is 0. The number of hydrogen-bond acceptors (Lipinski definition) is 3. The monoisotopic (exact) mass is 1050 g/mol. The molecular formula is C63H45IrN4. The summed E-state index contributed by atoms with van der Waals surface area (Å²) in [5, 5.41) is 0. The maximum Gasteiger partial charge on any atom is 3.00 e. The molecule has 0 amide bonds. The molecule has 0 spiro atoms. The van der Waals surface area contributed by atoms with E-state index in [9.17, 15) is 0 Å². The van der Waals surface area contributed by atoms with E-state index in [1.165, 1.54) is 27.8 Å². The minimum absolute atomic E-state index is 0. The molecule has 0 bridgehead atoms. The summed E-state index contributed by atoms with van der Waals surface area (Å²) < 4.78 is 0. The van der Waals surface area contributed by atoms with Crippen molar-refractivity contribution in [3.05, 3.63) is 264 Å². The number of benzene rings is 7. The van der Waals surface area contributed by atoms with E-state index in [1.807, 2.05) is 60.9 Å². The van der Waals surface area contributed by atoms with Crippen molar-refractivity contribution < 1.29 is 20.1 Å². The van der Waals surface area contributed by atoms with E-state index in [2.05, 4.69) is 179 Å². The Bertz CT molecular complexity index is 3330. The fraction of sp³-hybridized carbons (Fsp3) is 0.0794. The summed E-state index contributed by atoms with van der Waals surface area (Å²) in [6, 6.07) is 76.3. The molecular weight excluding hydrogens is 1000 g/mol. The first kappa shape index (κ1) is 45.3. The minimum Gasteiger partial charge on any atom is -0.305 e. The maximum atomic E-state index is 8.09. The zero-order valence-electron chi connectivity index (χ0n) is 37.6. The van der Waals surface area contributed by atoms with Crippen LogP contribution in [-0.2, 0) is 45.8 Å². The van der Waals surface area contributed by atoms with Gasteiger partial charge in [0.2, 0.25) is 0 Å². The zero-order valence-corrected chi connectivity index (χ0v) is 40.0. The molecule has 326 valence electrons. The van der Waals surface area contributed by atoms with Gasteiger partial charge in [0.25, 0.3) is 0 Å². The molecule has 10 rings (SSSR count). The van der Waals surface area contributed by atoms with Crippen LogP contribution in [0.1, 0.15) is 27.8 Å². The molecule has 5 heteroatoms. The Kier molecular flexibility index (Phi) is 14.1. The summed E-state index contributed by atoms with van der Waals surface area (Å²) in [5.41, 5.74) is 20.9. The van der Waals surface area contributed by atoms with Crippen molar-refractivity contribution in [3.63, 3.8) is 0 Å². The maximum absolute atomic E-state index is 8.09. The second-order valence-corrected chi connectivity index (χ2v) is 16.8. The van der Waals surface area contributed by atoms with Crippen LogP contribution >= 0.6 is 0 Å². The SMILES string of the molecule is [C-]#[N+]c1cc(-c2ccccn2)[c-]cc1CCc1cc(CCc2c[c-]c(-c3ccccn3)cc2)cc(-c2ccccc2-c2c[c-]c(-c3ccc(C)cn3)cc2-c2ccc(-c3ccccc3)cc2)c1.[Ir+3]. The second kappa shape index (κ2) is 21.2. The second-order valence-electron chi connectivity index (χ2n) is 16.8. The molecule has 68 heavy (non-hydrogen) atoms. The molecule has 0 aliphatic rings. The first-order valence-electron chi connectivity index (χ1n) is 22.7. The summed E-state index contributed by atoms with van der Waals surface area (Å²) in [4.78, 5) is 17.8. The molecule has 7 aromatic carbocycles. The van der Waals surface area contributed by atoms with Crippen LogP contribution in [0.3, 0.4) is 0 Å². The van der Waals surface area contributed by atoms with E-state index in [1.54, 1.807) is 6.20 Å². The molecule has 0 aliphatic carbocycles. The predicted octanol–water partition coefficient (Wildman–Crippen LogP) is 15.4. The number of aryl methyl sites for hydroxylation is 5. The Morgan fingerprint density at radius 1 is 0.426 bits per heavy atom. The third-order valence-electron chi connectivity index (χ3n) is 12.3. The zero-order chi connectivity index (χ0) is 45.4. The van der Waals surface area contributed by atoms with Crippen molar-refractivity contribution in [1.29, 1.82) is 0 Å². The number of pyridine rings is 3. The van der Waals surface area contributed by atoms with Crippen LogP contribution in [-0.4, -0.2) is 15.0 Å². The van der Waals surface area contributed by atoms with Gasteiger partial charge in [-0.05, 0) is 93.5 Å². The van der Waals surface area contributed by atoms with Crippen molar-refractivity contribution in [2.24, 2.45) is 0 Å². The molecule has 3 aromatic heterocycles. The molecule has 0 fully saturated rings. The van der Waals surface area contributed by atoms with Crippen LogP contribution in [0.5, 0.6) is 0 Å². The summed E-state index contributed by atoms with van der Waals surface area (Å²) in [6.45, 7) is 10.2. The molecule has 10 aromatic rings. The van der Waals surface area contributed by atoms with E-state index in [4.69, 9.17) is 11.6 Å². The predicted molar refractivity (Wildman–Crippen MR) is 273 cm³/mol. The van der Waals surface area contributed by atoms with Crippen LogP contribution < -0.4 is 0 Å². The van der Waals surface area contributed by atoms with Crippen LogP contribution in [0.2, 0.25) is 0 Å². The Morgan fingerprint density at radius 3 is 1.71 bits per heavy atom. The number of nitrogens with zero attached hydrogens (tertiary/aromatic N) is 4. The molecule has 4 nitrogen and oxygen atoms in total. The fourth-order valence-electron chi connectivity index (χ4n) is 8.72. The first-order valence-corrected chi connectivity index (χ1v) is 22.7. The molecule has 0 unspecified atom stereocenters. The number of hydrogen-bond donors (Lipinski definition) is 0. The largest absolute Gasteiger partial charge is 3.00 e. The normalized spacial score (nSPS) is 10.8. The van der Waals surface area contributed by atoms with Gasteiger partial charge in [-0.25, -0.2) is 0 Å². The van der Waals surface area contributed by atoms with Crippen LogP contribution in [0.25, 0.3) is 83.1 Å². The summed E-state index contributed by atoms with van der Waals surface area (Å²) in [5.74, 6) is 0. The topological polar surface area (TPSA) is 43.0 Å². The molecule has 3 heterocycles. The Morgan fingerprint density at radius 2 is 1.03 bits per heavy atom. The average Bonchev–Trinajstić information content (AvgIpc) is 3.40. The molecule has 0 saturated carbocycles. The van der Waals surface area contributed by atoms with E-state index in [-0.39, 0.29) is 20.1 Å². The van der Waals surface area contributed by atoms with Crippen molar-refractivity contribution >= 4 is 5.69 Å². The van der Waals surface area contributed by atoms with Crippen molar-refractivity contribution in [1.82, 2.24) is 15.0 Å². The van der Waals surface area contributed by atoms with Gasteiger partial charge in [0.15, 0.2) is 0 Å². The fourth-order valence-corrected chi connectivity index (χ4v) is 8.72. The van der Waals surface area contributed by atoms with Crippen LogP contribution in [0, 0.1) is 31.7 Å². The molecule has 0 saturated heterocycles. The van der Waals surface area contributed by atoms with E-state index >= 15 is 0 Å². The number of rotatable bonds is 13. The summed E-state index contributed by atoms with van der Waals surface area (Å²) >= 11 is 0. The van der Waals surface area contributed by atoms with Gasteiger partial charge in [-0.3, -0.25) is 4.85 Å². The third-order valence-corrected chi connectivity index (χ3v) is 12.3. The summed E-state index contributed by atoms with van der Waals surface area (Å²) in [6.07, 6.45) is 8.69. The van der Waals surface area contributed by atoms with Gasteiger partial charge < -0.3 is 15.0 Å². The van der Waals surface area contributed by atoms with Gasteiger partial charge in [-0.15, -0.1) is 82.4 Å². The van der Waals surface area contributed by atoms with E-state index < -0.39 is 0 Å². The third kappa shape index (κ3) is 10.4. The molecule has 0 N–H and O–H groups in total. The van der Waals surface area contributed by atoms with Crippen LogP contribution in [0.4, 0.5) is 5.69 Å². The van der Waals surface area contributed by atoms with Gasteiger partial charge in [0, 0.05) is 18.6 Å². The number of aromatic nitrogens is 3. The van der Waals surface area contributed by atoms with Gasteiger partial charge in [0.1, 0.15) is 5.69 Å². The Balaban J connectivity index is 0.00000578. The molecule has 0 atom stereocenters.